The largest absolute Gasteiger partial charge is 0.382 e. The Hall–Kier alpha value is -3.23. The second-order valence-corrected chi connectivity index (χ2v) is 3.38. The van der Waals surface area contributed by atoms with Crippen LogP contribution in [0.1, 0.15) is 11.1 Å². The lowest BCUT2D eigenvalue weighted by molar-refractivity contribution is 0.891. The van der Waals surface area contributed by atoms with E-state index < -0.39 is 0 Å². The fourth-order valence-electron chi connectivity index (χ4n) is 1.44. The molecule has 2 rings (SSSR count). The van der Waals surface area contributed by atoms with Crippen LogP contribution < -0.4 is 5.73 Å². The van der Waals surface area contributed by atoms with Gasteiger partial charge in [0.2, 0.25) is 0 Å². The van der Waals surface area contributed by atoms with Crippen molar-refractivity contribution in [3.63, 3.8) is 0 Å². The van der Waals surface area contributed by atoms with E-state index in [1.165, 1.54) is 10.9 Å². The summed E-state index contributed by atoms with van der Waals surface area (Å²) in [4.78, 5) is 0. The van der Waals surface area contributed by atoms with Crippen LogP contribution in [-0.2, 0) is 0 Å². The third-order valence-electron chi connectivity index (χ3n) is 2.30. The Morgan fingerprint density at radius 3 is 2.44 bits per heavy atom. The minimum atomic E-state index is 0.299. The first-order chi connectivity index (χ1) is 8.76. The summed E-state index contributed by atoms with van der Waals surface area (Å²) < 4.78 is 1.47. The lowest BCUT2D eigenvalue weighted by Gasteiger charge is -2.03. The molecule has 0 fully saturated rings. The Bertz CT molecular complexity index is 714. The van der Waals surface area contributed by atoms with E-state index >= 15 is 0 Å². The number of benzene rings is 1. The maximum Gasteiger partial charge on any atom is 0.152 e. The second kappa shape index (κ2) is 4.74. The number of nitrogen functional groups attached to an aromatic ring is 1. The SMILES string of the molecule is N#CC#Cc1ccc(-n2ncc(C#N)c2N)cc1. The van der Waals surface area contributed by atoms with E-state index in [9.17, 15) is 0 Å². The molecule has 1 aromatic heterocycles. The highest BCUT2D eigenvalue weighted by Gasteiger charge is 2.07. The van der Waals surface area contributed by atoms with Gasteiger partial charge in [0.05, 0.1) is 11.9 Å². The predicted molar refractivity (Wildman–Crippen MR) is 65.2 cm³/mol. The molecule has 0 saturated heterocycles. The molecule has 0 aliphatic carbocycles. The van der Waals surface area contributed by atoms with E-state index in [-0.39, 0.29) is 0 Å². The van der Waals surface area contributed by atoms with E-state index in [0.717, 1.165) is 11.3 Å². The van der Waals surface area contributed by atoms with Gasteiger partial charge in [0, 0.05) is 11.5 Å². The van der Waals surface area contributed by atoms with Gasteiger partial charge in [-0.15, -0.1) is 0 Å². The zero-order valence-electron chi connectivity index (χ0n) is 9.25. The number of nitriles is 2. The zero-order chi connectivity index (χ0) is 13.0. The highest BCUT2D eigenvalue weighted by Crippen LogP contribution is 2.16. The van der Waals surface area contributed by atoms with Gasteiger partial charge in [-0.05, 0) is 24.3 Å². The van der Waals surface area contributed by atoms with Gasteiger partial charge in [0.25, 0.3) is 0 Å². The van der Waals surface area contributed by atoms with Crippen LogP contribution in [0.4, 0.5) is 5.82 Å². The molecular formula is C13H7N5. The van der Waals surface area contributed by atoms with Crippen LogP contribution in [0.25, 0.3) is 5.69 Å². The lowest BCUT2D eigenvalue weighted by Crippen LogP contribution is -2.02. The molecule has 0 amide bonds. The van der Waals surface area contributed by atoms with Gasteiger partial charge >= 0.3 is 0 Å². The minimum Gasteiger partial charge on any atom is -0.382 e. The fraction of sp³-hybridized carbons (Fsp3) is 0. The normalized spacial score (nSPS) is 8.78. The zero-order valence-corrected chi connectivity index (χ0v) is 9.25. The van der Waals surface area contributed by atoms with Gasteiger partial charge < -0.3 is 5.73 Å². The van der Waals surface area contributed by atoms with Crippen molar-refractivity contribution in [3.8, 4) is 29.7 Å². The van der Waals surface area contributed by atoms with Crippen LogP contribution in [0.2, 0.25) is 0 Å². The van der Waals surface area contributed by atoms with E-state index in [4.69, 9.17) is 16.3 Å². The van der Waals surface area contributed by atoms with Crippen LogP contribution in [0.5, 0.6) is 0 Å². The van der Waals surface area contributed by atoms with Crippen molar-refractivity contribution in [3.05, 3.63) is 41.6 Å². The summed E-state index contributed by atoms with van der Waals surface area (Å²) in [5.74, 6) is 5.29. The molecule has 18 heavy (non-hydrogen) atoms. The van der Waals surface area contributed by atoms with Crippen LogP contribution >= 0.6 is 0 Å². The number of nitrogens with two attached hydrogens (primary N) is 1. The minimum absolute atomic E-state index is 0.299. The van der Waals surface area contributed by atoms with Gasteiger partial charge in [0.1, 0.15) is 17.5 Å². The molecule has 0 saturated carbocycles. The number of anilines is 1. The summed E-state index contributed by atoms with van der Waals surface area (Å²) >= 11 is 0. The molecule has 5 heteroatoms. The molecule has 2 aromatic rings. The molecule has 0 aliphatic heterocycles. The molecule has 0 atom stereocenters. The van der Waals surface area contributed by atoms with E-state index in [1.54, 1.807) is 30.3 Å². The van der Waals surface area contributed by atoms with Gasteiger partial charge in [-0.1, -0.05) is 5.92 Å². The van der Waals surface area contributed by atoms with Crippen molar-refractivity contribution in [2.75, 3.05) is 5.73 Å². The molecule has 84 valence electrons. The number of hydrogen-bond acceptors (Lipinski definition) is 4. The highest BCUT2D eigenvalue weighted by molar-refractivity contribution is 5.53. The Morgan fingerprint density at radius 2 is 1.89 bits per heavy atom. The monoisotopic (exact) mass is 233 g/mol. The van der Waals surface area contributed by atoms with Crippen molar-refractivity contribution in [2.24, 2.45) is 0 Å². The first kappa shape index (κ1) is 11.3. The third-order valence-corrected chi connectivity index (χ3v) is 2.30. The molecule has 2 N–H and O–H groups in total. The molecular weight excluding hydrogens is 226 g/mol. The topological polar surface area (TPSA) is 91.4 Å². The smallest absolute Gasteiger partial charge is 0.152 e. The molecule has 0 unspecified atom stereocenters. The van der Waals surface area contributed by atoms with E-state index in [2.05, 4.69) is 16.9 Å². The van der Waals surface area contributed by atoms with Crippen molar-refractivity contribution in [2.45, 2.75) is 0 Å². The van der Waals surface area contributed by atoms with Crippen molar-refractivity contribution in [1.29, 1.82) is 10.5 Å². The molecule has 1 aromatic carbocycles. The molecule has 0 radical (unpaired) electrons. The Kier molecular flexibility index (Phi) is 2.96. The van der Waals surface area contributed by atoms with Crippen LogP contribution in [0, 0.1) is 34.5 Å². The van der Waals surface area contributed by atoms with E-state index in [1.807, 2.05) is 6.07 Å². The third kappa shape index (κ3) is 2.00. The Labute approximate surface area is 104 Å². The van der Waals surface area contributed by atoms with Crippen LogP contribution in [-0.4, -0.2) is 9.78 Å². The summed E-state index contributed by atoms with van der Waals surface area (Å²) in [5.41, 5.74) is 7.57. The number of aromatic nitrogens is 2. The van der Waals surface area contributed by atoms with Crippen molar-refractivity contribution in [1.82, 2.24) is 9.78 Å². The standard InChI is InChI=1S/C13H7N5/c14-7-1-2-10-3-5-12(6-4-10)18-13(16)11(8-15)9-17-18/h3-6,9H,16H2. The molecule has 5 nitrogen and oxygen atoms in total. The van der Waals surface area contributed by atoms with Crippen LogP contribution in [0.3, 0.4) is 0 Å². The second-order valence-electron chi connectivity index (χ2n) is 3.38. The van der Waals surface area contributed by atoms with Gasteiger partial charge in [-0.25, -0.2) is 4.68 Å². The van der Waals surface area contributed by atoms with Gasteiger partial charge in [-0.2, -0.15) is 15.6 Å². The average Bonchev–Trinajstić information content (AvgIpc) is 2.78. The maximum atomic E-state index is 8.79. The van der Waals surface area contributed by atoms with E-state index in [0.29, 0.717) is 11.4 Å². The highest BCUT2D eigenvalue weighted by atomic mass is 15.3. The summed E-state index contributed by atoms with van der Waals surface area (Å²) in [6, 6.07) is 10.8. The molecule has 0 aliphatic rings. The predicted octanol–water partition coefficient (Wildman–Crippen LogP) is 1.20. The summed E-state index contributed by atoms with van der Waals surface area (Å²) in [7, 11) is 0. The fourth-order valence-corrected chi connectivity index (χ4v) is 1.44. The lowest BCUT2D eigenvalue weighted by atomic mass is 10.2. The number of hydrogen-bond donors (Lipinski definition) is 1. The maximum absolute atomic E-state index is 8.79. The Balaban J connectivity index is 2.38. The molecule has 0 spiro atoms. The quantitative estimate of drug-likeness (QED) is 0.749. The summed E-state index contributed by atoms with van der Waals surface area (Å²) in [6.45, 7) is 0. The first-order valence-corrected chi connectivity index (χ1v) is 5.00. The first-order valence-electron chi connectivity index (χ1n) is 5.00. The number of nitrogens with zero attached hydrogens (tertiary/aromatic N) is 4. The Morgan fingerprint density at radius 1 is 1.17 bits per heavy atom. The van der Waals surface area contributed by atoms with Crippen molar-refractivity contribution >= 4 is 5.82 Å². The number of rotatable bonds is 1. The van der Waals surface area contributed by atoms with Crippen LogP contribution in [0.15, 0.2) is 30.5 Å². The molecule has 1 heterocycles. The van der Waals surface area contributed by atoms with Gasteiger partial charge in [0.15, 0.2) is 6.07 Å². The van der Waals surface area contributed by atoms with Gasteiger partial charge in [-0.3, -0.25) is 0 Å². The van der Waals surface area contributed by atoms with Crippen molar-refractivity contribution < 1.29 is 0 Å². The summed E-state index contributed by atoms with van der Waals surface area (Å²) in [5, 5.41) is 21.2. The average molecular weight is 233 g/mol. The molecule has 0 bridgehead atoms. The summed E-state index contributed by atoms with van der Waals surface area (Å²) in [6.07, 6.45) is 1.42.